The van der Waals surface area contributed by atoms with E-state index in [1.54, 1.807) is 0 Å². The first-order valence-corrected chi connectivity index (χ1v) is 6.78. The van der Waals surface area contributed by atoms with Crippen LogP contribution in [0.4, 0.5) is 0 Å². The van der Waals surface area contributed by atoms with Gasteiger partial charge in [-0.2, -0.15) is 0 Å². The second-order valence-corrected chi connectivity index (χ2v) is 7.08. The number of aliphatic hydroxyl groups is 1. The van der Waals surface area contributed by atoms with Crippen molar-refractivity contribution < 1.29 is 5.11 Å². The highest BCUT2D eigenvalue weighted by atomic mass is 16.3. The smallest absolute Gasteiger partial charge is 0.0755 e. The van der Waals surface area contributed by atoms with Crippen LogP contribution in [0.3, 0.4) is 0 Å². The van der Waals surface area contributed by atoms with E-state index in [1.165, 1.54) is 18.4 Å². The van der Waals surface area contributed by atoms with Crippen LogP contribution in [0.15, 0.2) is 11.6 Å². The predicted molar refractivity (Wildman–Crippen MR) is 66.0 cm³/mol. The lowest BCUT2D eigenvalue weighted by Gasteiger charge is -2.47. The van der Waals surface area contributed by atoms with Crippen LogP contribution < -0.4 is 0 Å². The first-order valence-electron chi connectivity index (χ1n) is 6.78. The number of hydrogen-bond acceptors (Lipinski definition) is 1. The van der Waals surface area contributed by atoms with Crippen LogP contribution in [-0.2, 0) is 0 Å². The van der Waals surface area contributed by atoms with Crippen LogP contribution in [0, 0.1) is 28.6 Å². The molecule has 0 radical (unpaired) electrons. The lowest BCUT2D eigenvalue weighted by molar-refractivity contribution is 0.0585. The Morgan fingerprint density at radius 1 is 1.25 bits per heavy atom. The minimum Gasteiger partial charge on any atom is -0.389 e. The molecule has 1 nitrogen and oxygen atoms in total. The molecular formula is C15H24O. The quantitative estimate of drug-likeness (QED) is 0.620. The largest absolute Gasteiger partial charge is 0.389 e. The van der Waals surface area contributed by atoms with Crippen molar-refractivity contribution in [3.05, 3.63) is 11.6 Å². The van der Waals surface area contributed by atoms with Crippen LogP contribution >= 0.6 is 0 Å². The maximum Gasteiger partial charge on any atom is 0.0755 e. The first-order chi connectivity index (χ1) is 7.40. The van der Waals surface area contributed by atoms with Gasteiger partial charge >= 0.3 is 0 Å². The second kappa shape index (κ2) is 2.93. The Morgan fingerprint density at radius 3 is 2.62 bits per heavy atom. The van der Waals surface area contributed by atoms with Gasteiger partial charge in [0.25, 0.3) is 0 Å². The molecule has 1 N–H and O–H groups in total. The molecular weight excluding hydrogens is 196 g/mol. The molecule has 0 spiro atoms. The average molecular weight is 220 g/mol. The van der Waals surface area contributed by atoms with Crippen molar-refractivity contribution in [3.8, 4) is 0 Å². The minimum atomic E-state index is -0.154. The molecule has 3 rings (SSSR count). The maximum atomic E-state index is 10.2. The summed E-state index contributed by atoms with van der Waals surface area (Å²) in [4.78, 5) is 0. The third-order valence-electron chi connectivity index (χ3n) is 6.17. The zero-order valence-electron chi connectivity index (χ0n) is 11.0. The summed E-state index contributed by atoms with van der Waals surface area (Å²) in [5, 5.41) is 10.2. The Morgan fingerprint density at radius 2 is 1.94 bits per heavy atom. The zero-order chi connectivity index (χ0) is 11.7. The van der Waals surface area contributed by atoms with Crippen molar-refractivity contribution >= 4 is 0 Å². The minimum absolute atomic E-state index is 0.154. The van der Waals surface area contributed by atoms with E-state index in [0.29, 0.717) is 5.41 Å². The molecule has 2 fully saturated rings. The molecule has 90 valence electrons. The highest BCUT2D eigenvalue weighted by Crippen LogP contribution is 2.74. The van der Waals surface area contributed by atoms with Crippen molar-refractivity contribution in [3.63, 3.8) is 0 Å². The predicted octanol–water partition coefficient (Wildman–Crippen LogP) is 3.39. The third-order valence-corrected chi connectivity index (χ3v) is 6.17. The summed E-state index contributed by atoms with van der Waals surface area (Å²) in [6, 6.07) is 0. The second-order valence-electron chi connectivity index (χ2n) is 7.08. The fourth-order valence-corrected chi connectivity index (χ4v) is 4.98. The van der Waals surface area contributed by atoms with E-state index in [9.17, 15) is 5.11 Å². The standard InChI is InChI=1S/C15H24O/c1-9-5-8-12(16)10-6-7-11-13(14(11,2)3)15(9,10)4/h6,9,11-13,16H,5,7-8H2,1-4H3/t9-,11-,12+,13+,15+/m0/s1. The molecule has 0 unspecified atom stereocenters. The van der Waals surface area contributed by atoms with E-state index in [1.807, 2.05) is 0 Å². The Labute approximate surface area is 98.9 Å². The number of rotatable bonds is 0. The Kier molecular flexibility index (Phi) is 1.98. The van der Waals surface area contributed by atoms with E-state index in [0.717, 1.165) is 24.2 Å². The Hall–Kier alpha value is -0.300. The van der Waals surface area contributed by atoms with E-state index in [-0.39, 0.29) is 11.5 Å². The topological polar surface area (TPSA) is 20.2 Å². The summed E-state index contributed by atoms with van der Waals surface area (Å²) < 4.78 is 0. The molecule has 0 aromatic carbocycles. The van der Waals surface area contributed by atoms with E-state index >= 15 is 0 Å². The van der Waals surface area contributed by atoms with Gasteiger partial charge in [-0.1, -0.05) is 33.8 Å². The van der Waals surface area contributed by atoms with E-state index < -0.39 is 0 Å². The highest BCUT2D eigenvalue weighted by molar-refractivity contribution is 5.34. The molecule has 5 atom stereocenters. The van der Waals surface area contributed by atoms with Gasteiger partial charge in [0, 0.05) is 0 Å². The van der Waals surface area contributed by atoms with Crippen molar-refractivity contribution in [2.75, 3.05) is 0 Å². The van der Waals surface area contributed by atoms with Crippen LogP contribution in [0.5, 0.6) is 0 Å². The van der Waals surface area contributed by atoms with Gasteiger partial charge in [-0.3, -0.25) is 0 Å². The maximum absolute atomic E-state index is 10.2. The van der Waals surface area contributed by atoms with Crippen LogP contribution in [-0.4, -0.2) is 11.2 Å². The molecule has 0 bridgehead atoms. The molecule has 1 heteroatoms. The van der Waals surface area contributed by atoms with Gasteiger partial charge in [0.2, 0.25) is 0 Å². The van der Waals surface area contributed by atoms with Crippen molar-refractivity contribution in [1.29, 1.82) is 0 Å². The van der Waals surface area contributed by atoms with Gasteiger partial charge in [-0.15, -0.1) is 0 Å². The molecule has 0 saturated heterocycles. The van der Waals surface area contributed by atoms with Gasteiger partial charge in [0.1, 0.15) is 0 Å². The van der Waals surface area contributed by atoms with Gasteiger partial charge in [-0.25, -0.2) is 0 Å². The third kappa shape index (κ3) is 1.06. The van der Waals surface area contributed by atoms with Gasteiger partial charge < -0.3 is 5.11 Å². The molecule has 0 amide bonds. The van der Waals surface area contributed by atoms with Gasteiger partial charge in [0.05, 0.1) is 6.10 Å². The molecule has 2 saturated carbocycles. The van der Waals surface area contributed by atoms with Crippen LogP contribution in [0.1, 0.15) is 47.0 Å². The fraction of sp³-hybridized carbons (Fsp3) is 0.867. The molecule has 0 aliphatic heterocycles. The summed E-state index contributed by atoms with van der Waals surface area (Å²) in [5.41, 5.74) is 2.15. The summed E-state index contributed by atoms with van der Waals surface area (Å²) in [7, 11) is 0. The zero-order valence-corrected chi connectivity index (χ0v) is 11.0. The monoisotopic (exact) mass is 220 g/mol. The molecule has 3 aliphatic carbocycles. The molecule has 0 aromatic heterocycles. The van der Waals surface area contributed by atoms with Crippen molar-refractivity contribution in [2.24, 2.45) is 28.6 Å². The van der Waals surface area contributed by atoms with Crippen LogP contribution in [0.25, 0.3) is 0 Å². The molecule has 0 heterocycles. The highest BCUT2D eigenvalue weighted by Gasteiger charge is 2.68. The number of hydrogen-bond donors (Lipinski definition) is 1. The average Bonchev–Trinajstić information content (AvgIpc) is 2.78. The molecule has 0 aromatic rings. The summed E-state index contributed by atoms with van der Waals surface area (Å²) in [6.45, 7) is 9.63. The SMILES string of the molecule is C[C@H]1CC[C@@H](O)C2=CC[C@H]3[C@H](C3(C)C)[C@@]21C. The van der Waals surface area contributed by atoms with Crippen molar-refractivity contribution in [1.82, 2.24) is 0 Å². The summed E-state index contributed by atoms with van der Waals surface area (Å²) in [6.07, 6.45) is 5.58. The number of aliphatic hydroxyl groups excluding tert-OH is 1. The summed E-state index contributed by atoms with van der Waals surface area (Å²) >= 11 is 0. The van der Waals surface area contributed by atoms with E-state index in [2.05, 4.69) is 33.8 Å². The number of fused-ring (bicyclic) bond motifs is 3. The van der Waals surface area contributed by atoms with Crippen LogP contribution in [0.2, 0.25) is 0 Å². The Balaban J connectivity index is 2.04. The van der Waals surface area contributed by atoms with Crippen molar-refractivity contribution in [2.45, 2.75) is 53.1 Å². The van der Waals surface area contributed by atoms with E-state index in [4.69, 9.17) is 0 Å². The lowest BCUT2D eigenvalue weighted by atomic mass is 9.58. The molecule has 16 heavy (non-hydrogen) atoms. The lowest BCUT2D eigenvalue weighted by Crippen LogP contribution is -2.42. The Bertz CT molecular complexity index is 354. The fourth-order valence-electron chi connectivity index (χ4n) is 4.98. The summed E-state index contributed by atoms with van der Waals surface area (Å²) in [5.74, 6) is 2.41. The van der Waals surface area contributed by atoms with Gasteiger partial charge in [-0.05, 0) is 53.4 Å². The number of allylic oxidation sites excluding steroid dienone is 1. The normalized spacial score (nSPS) is 53.7. The first kappa shape index (κ1) is 10.8. The van der Waals surface area contributed by atoms with Gasteiger partial charge in [0.15, 0.2) is 0 Å². The molecule has 3 aliphatic rings.